The van der Waals surface area contributed by atoms with E-state index in [2.05, 4.69) is 0 Å². The molecule has 0 radical (unpaired) electrons. The van der Waals surface area contributed by atoms with Crippen LogP contribution in [0.5, 0.6) is 11.5 Å². The third-order valence-electron chi connectivity index (χ3n) is 4.22. The van der Waals surface area contributed by atoms with E-state index < -0.39 is 0 Å². The quantitative estimate of drug-likeness (QED) is 0.553. The molecule has 1 aliphatic rings. The summed E-state index contributed by atoms with van der Waals surface area (Å²) < 4.78 is 11.2. The summed E-state index contributed by atoms with van der Waals surface area (Å²) in [5, 5.41) is 0. The minimum Gasteiger partial charge on any atom is -0.497 e. The first-order chi connectivity index (χ1) is 12.5. The van der Waals surface area contributed by atoms with Gasteiger partial charge in [-0.15, -0.1) is 0 Å². The molecule has 1 aliphatic heterocycles. The van der Waals surface area contributed by atoms with Crippen molar-refractivity contribution in [3.8, 4) is 11.5 Å². The fraction of sp³-hybridized carbons (Fsp3) is 0.200. The van der Waals surface area contributed by atoms with Gasteiger partial charge < -0.3 is 9.47 Å². The summed E-state index contributed by atoms with van der Waals surface area (Å²) in [5.74, 6) is 1.28. The number of hydrogen-bond acceptors (Lipinski definition) is 5. The number of hydrogen-bond donors (Lipinski definition) is 0. The molecule has 3 rings (SSSR count). The number of benzene rings is 2. The van der Waals surface area contributed by atoms with Gasteiger partial charge in [-0.3, -0.25) is 9.69 Å². The van der Waals surface area contributed by atoms with E-state index in [1.807, 2.05) is 55.5 Å². The number of methoxy groups -OCH3 is 2. The maximum absolute atomic E-state index is 13.0. The van der Waals surface area contributed by atoms with E-state index in [0.29, 0.717) is 20.7 Å². The highest BCUT2D eigenvalue weighted by Crippen LogP contribution is 2.39. The van der Waals surface area contributed by atoms with E-state index in [-0.39, 0.29) is 11.9 Å². The van der Waals surface area contributed by atoms with Gasteiger partial charge in [-0.05, 0) is 36.8 Å². The molecule has 2 aromatic rings. The number of ether oxygens (including phenoxy) is 2. The van der Waals surface area contributed by atoms with E-state index >= 15 is 0 Å². The number of carbonyl (C=O) groups excluding carboxylic acids is 1. The van der Waals surface area contributed by atoms with Gasteiger partial charge in [0.05, 0.1) is 25.2 Å². The molecule has 0 spiro atoms. The zero-order valence-corrected chi connectivity index (χ0v) is 16.4. The third-order valence-corrected chi connectivity index (χ3v) is 5.55. The van der Waals surface area contributed by atoms with Crippen molar-refractivity contribution in [2.75, 3.05) is 14.2 Å². The second-order valence-electron chi connectivity index (χ2n) is 5.75. The van der Waals surface area contributed by atoms with Gasteiger partial charge in [0.25, 0.3) is 5.91 Å². The number of carbonyl (C=O) groups is 1. The van der Waals surface area contributed by atoms with E-state index in [1.165, 1.54) is 11.8 Å². The average Bonchev–Trinajstić information content (AvgIpc) is 2.95. The number of amides is 1. The predicted molar refractivity (Wildman–Crippen MR) is 109 cm³/mol. The van der Waals surface area contributed by atoms with E-state index in [1.54, 1.807) is 25.2 Å². The first-order valence-electron chi connectivity index (χ1n) is 8.09. The maximum atomic E-state index is 13.0. The average molecular weight is 386 g/mol. The molecule has 0 saturated carbocycles. The Kier molecular flexibility index (Phi) is 5.64. The second kappa shape index (κ2) is 7.93. The van der Waals surface area contributed by atoms with Crippen LogP contribution in [0.3, 0.4) is 0 Å². The Morgan fingerprint density at radius 3 is 2.50 bits per heavy atom. The standard InChI is InChI=1S/C20H19NO3S2/c1-13(14-7-5-4-6-8-14)21-19(22)18(26-20(21)25)12-15-11-16(23-2)9-10-17(15)24-3/h4-13H,1-3H3/b18-12-. The summed E-state index contributed by atoms with van der Waals surface area (Å²) in [6.07, 6.45) is 1.80. The molecule has 2 aromatic carbocycles. The Bertz CT molecular complexity index is 865. The van der Waals surface area contributed by atoms with Crippen LogP contribution in [0, 0.1) is 0 Å². The molecule has 1 saturated heterocycles. The van der Waals surface area contributed by atoms with Gasteiger partial charge in [0, 0.05) is 5.56 Å². The Balaban J connectivity index is 1.93. The zero-order chi connectivity index (χ0) is 18.7. The molecule has 4 nitrogen and oxygen atoms in total. The second-order valence-corrected chi connectivity index (χ2v) is 7.42. The van der Waals surface area contributed by atoms with Gasteiger partial charge >= 0.3 is 0 Å². The maximum Gasteiger partial charge on any atom is 0.266 e. The van der Waals surface area contributed by atoms with E-state index in [0.717, 1.165) is 11.1 Å². The summed E-state index contributed by atoms with van der Waals surface area (Å²) in [5.41, 5.74) is 1.82. The summed E-state index contributed by atoms with van der Waals surface area (Å²) >= 11 is 6.77. The highest BCUT2D eigenvalue weighted by molar-refractivity contribution is 8.26. The fourth-order valence-electron chi connectivity index (χ4n) is 2.79. The van der Waals surface area contributed by atoms with Gasteiger partial charge in [0.15, 0.2) is 0 Å². The van der Waals surface area contributed by atoms with Crippen LogP contribution in [-0.2, 0) is 4.79 Å². The first-order valence-corrected chi connectivity index (χ1v) is 9.31. The zero-order valence-electron chi connectivity index (χ0n) is 14.8. The summed E-state index contributed by atoms with van der Waals surface area (Å²) in [6, 6.07) is 15.2. The van der Waals surface area contributed by atoms with Crippen LogP contribution >= 0.6 is 24.0 Å². The highest BCUT2D eigenvalue weighted by Gasteiger charge is 2.36. The number of nitrogens with zero attached hydrogens (tertiary/aromatic N) is 1. The monoisotopic (exact) mass is 385 g/mol. The fourth-order valence-corrected chi connectivity index (χ4v) is 4.20. The van der Waals surface area contributed by atoms with Gasteiger partial charge in [-0.25, -0.2) is 0 Å². The molecule has 1 amide bonds. The Morgan fingerprint density at radius 1 is 1.12 bits per heavy atom. The Labute approximate surface area is 162 Å². The molecule has 0 aromatic heterocycles. The van der Waals surface area contributed by atoms with Crippen LogP contribution in [0.25, 0.3) is 6.08 Å². The van der Waals surface area contributed by atoms with Crippen molar-refractivity contribution in [3.05, 3.63) is 64.6 Å². The lowest BCUT2D eigenvalue weighted by Gasteiger charge is -2.23. The van der Waals surface area contributed by atoms with E-state index in [9.17, 15) is 4.79 Å². The molecule has 1 heterocycles. The summed E-state index contributed by atoms with van der Waals surface area (Å²) in [4.78, 5) is 15.2. The van der Waals surface area contributed by atoms with Crippen molar-refractivity contribution in [2.24, 2.45) is 0 Å². The molecule has 0 bridgehead atoms. The molecule has 134 valence electrons. The van der Waals surface area contributed by atoms with Crippen LogP contribution < -0.4 is 9.47 Å². The largest absolute Gasteiger partial charge is 0.497 e. The van der Waals surface area contributed by atoms with Crippen molar-refractivity contribution in [1.29, 1.82) is 0 Å². The molecular formula is C20H19NO3S2. The van der Waals surface area contributed by atoms with Crippen LogP contribution in [-0.4, -0.2) is 29.3 Å². The third kappa shape index (κ3) is 3.61. The van der Waals surface area contributed by atoms with Crippen LogP contribution in [0.4, 0.5) is 0 Å². The summed E-state index contributed by atoms with van der Waals surface area (Å²) in [6.45, 7) is 1.98. The molecule has 1 atom stereocenters. The lowest BCUT2D eigenvalue weighted by molar-refractivity contribution is -0.123. The minimum atomic E-state index is -0.123. The lowest BCUT2D eigenvalue weighted by Crippen LogP contribution is -2.30. The SMILES string of the molecule is COc1ccc(OC)c(/C=C2\SC(=S)N(C(C)c3ccccc3)C2=O)c1. The molecule has 1 unspecified atom stereocenters. The normalized spacial score (nSPS) is 16.9. The van der Waals surface area contributed by atoms with Crippen LogP contribution in [0.1, 0.15) is 24.1 Å². The van der Waals surface area contributed by atoms with Crippen molar-refractivity contribution in [2.45, 2.75) is 13.0 Å². The molecule has 0 aliphatic carbocycles. The Hall–Kier alpha value is -2.31. The van der Waals surface area contributed by atoms with Crippen molar-refractivity contribution in [1.82, 2.24) is 4.90 Å². The molecule has 6 heteroatoms. The van der Waals surface area contributed by atoms with Crippen LogP contribution in [0.2, 0.25) is 0 Å². The first kappa shape index (κ1) is 18.5. The smallest absolute Gasteiger partial charge is 0.266 e. The lowest BCUT2D eigenvalue weighted by atomic mass is 10.1. The molecule has 26 heavy (non-hydrogen) atoms. The Morgan fingerprint density at radius 2 is 1.85 bits per heavy atom. The van der Waals surface area contributed by atoms with Crippen molar-refractivity contribution < 1.29 is 14.3 Å². The number of thioether (sulfide) groups is 1. The summed E-state index contributed by atoms with van der Waals surface area (Å²) in [7, 11) is 3.20. The molecule has 1 fully saturated rings. The minimum absolute atomic E-state index is 0.0961. The van der Waals surface area contributed by atoms with Crippen molar-refractivity contribution in [3.63, 3.8) is 0 Å². The molecular weight excluding hydrogens is 366 g/mol. The predicted octanol–water partition coefficient (Wildman–Crippen LogP) is 4.67. The number of thiocarbonyl (C=S) groups is 1. The van der Waals surface area contributed by atoms with Gasteiger partial charge in [0.1, 0.15) is 15.8 Å². The number of rotatable bonds is 5. The van der Waals surface area contributed by atoms with Gasteiger partial charge in [0.2, 0.25) is 0 Å². The topological polar surface area (TPSA) is 38.8 Å². The van der Waals surface area contributed by atoms with Crippen LogP contribution in [0.15, 0.2) is 53.4 Å². The van der Waals surface area contributed by atoms with E-state index in [4.69, 9.17) is 21.7 Å². The van der Waals surface area contributed by atoms with Crippen molar-refractivity contribution >= 4 is 40.3 Å². The van der Waals surface area contributed by atoms with Gasteiger partial charge in [-0.2, -0.15) is 0 Å². The molecule has 0 N–H and O–H groups in total. The van der Waals surface area contributed by atoms with Gasteiger partial charge in [-0.1, -0.05) is 54.3 Å². The highest BCUT2D eigenvalue weighted by atomic mass is 32.2.